The molecule has 622 valence electrons. The van der Waals surface area contributed by atoms with Crippen LogP contribution < -0.4 is 32.3 Å². The van der Waals surface area contributed by atoms with E-state index in [9.17, 15) is 72.2 Å². The third kappa shape index (κ3) is 28.7. The number of carbonyl (C=O) groups is 14. The van der Waals surface area contributed by atoms with Crippen LogP contribution in [0.2, 0.25) is 0 Å². The first kappa shape index (κ1) is 93.8. The predicted octanol–water partition coefficient (Wildman–Crippen LogP) is 7.03. The molecule has 30 heteroatoms. The Hall–Kier alpha value is -9.78. The van der Waals surface area contributed by atoms with Gasteiger partial charge in [0, 0.05) is 117 Å². The molecule has 0 bridgehead atoms. The van der Waals surface area contributed by atoms with Crippen molar-refractivity contribution in [3.8, 4) is 0 Å². The SMILES string of the molecule is CC[C@H](C)[C@@H]([C@@H](CC(=O)N1CCC[C@H]1[C@H](OC)[C@@H](C)C(=O)N[C@@H](Cc1ccccc1)C(=O)O)OC)N(C)C(=O)[C@@H](CC(=O)[C@H](C(C)C)N(C)CCc1ccc(N(C)C(=O)OCc2ccc(CC(=O)[C@H](CCCNC(N)=O)NC(=O)[C@@H](N)C(C)C)cc2)cc1)C(C)C.O=C(CCCCCN1C(=O)C=CC1=O)ON1C(=O)CCC1=O. The maximum atomic E-state index is 14.9. The summed E-state index contributed by atoms with van der Waals surface area (Å²) in [6, 6.07) is 18.7. The Morgan fingerprint density at radius 3 is 1.86 bits per heavy atom. The van der Waals surface area contributed by atoms with E-state index in [0.29, 0.717) is 92.9 Å². The Balaban J connectivity index is 0.000000882. The Morgan fingerprint density at radius 2 is 1.29 bits per heavy atom. The van der Waals surface area contributed by atoms with Crippen molar-refractivity contribution in [2.45, 2.75) is 220 Å². The van der Waals surface area contributed by atoms with Gasteiger partial charge in [-0.05, 0) is 110 Å². The van der Waals surface area contributed by atoms with Gasteiger partial charge in [0.25, 0.3) is 23.6 Å². The molecule has 0 aromatic heterocycles. The average molecular weight is 1580 g/mol. The first-order valence-corrected chi connectivity index (χ1v) is 39.2. The Kier molecular flexibility index (Phi) is 38.5. The minimum absolute atomic E-state index is 0.0127. The van der Waals surface area contributed by atoms with E-state index in [2.05, 4.69) is 16.0 Å². The number of likely N-dealkylation sites (tertiary alicyclic amines) is 1. The van der Waals surface area contributed by atoms with E-state index >= 15 is 0 Å². The summed E-state index contributed by atoms with van der Waals surface area (Å²) in [6.07, 6.45) is 5.62. The number of methoxy groups -OCH3 is 2. The molecule has 11 amide bonds. The van der Waals surface area contributed by atoms with Gasteiger partial charge in [0.1, 0.15) is 12.6 Å². The van der Waals surface area contributed by atoms with Crippen LogP contribution in [0.25, 0.3) is 0 Å². The number of carboxylic acids is 1. The maximum Gasteiger partial charge on any atom is 0.414 e. The van der Waals surface area contributed by atoms with Gasteiger partial charge in [-0.25, -0.2) is 19.2 Å². The van der Waals surface area contributed by atoms with Crippen molar-refractivity contribution in [2.75, 3.05) is 66.4 Å². The molecule has 3 aliphatic rings. The van der Waals surface area contributed by atoms with Crippen LogP contribution in [0, 0.1) is 35.5 Å². The zero-order valence-electron chi connectivity index (χ0n) is 68.2. The molecule has 8 N–H and O–H groups in total. The van der Waals surface area contributed by atoms with Crippen LogP contribution in [0.5, 0.6) is 0 Å². The second kappa shape index (κ2) is 46.4. The van der Waals surface area contributed by atoms with Gasteiger partial charge in [0.15, 0.2) is 11.6 Å². The van der Waals surface area contributed by atoms with Crippen molar-refractivity contribution in [3.63, 3.8) is 0 Å². The monoisotopic (exact) mass is 1580 g/mol. The van der Waals surface area contributed by atoms with Gasteiger partial charge in [-0.1, -0.05) is 142 Å². The van der Waals surface area contributed by atoms with Crippen LogP contribution >= 0.6 is 0 Å². The number of hydroxylamine groups is 2. The van der Waals surface area contributed by atoms with Gasteiger partial charge < -0.3 is 61.4 Å². The van der Waals surface area contributed by atoms with Crippen molar-refractivity contribution in [1.29, 1.82) is 0 Å². The molecule has 0 radical (unpaired) electrons. The topological polar surface area (TPSA) is 404 Å². The first-order valence-electron chi connectivity index (χ1n) is 39.2. The fourth-order valence-electron chi connectivity index (χ4n) is 14.3. The number of likely N-dealkylation sites (N-methyl/N-ethyl adjacent to an activating group) is 2. The van der Waals surface area contributed by atoms with Crippen LogP contribution in [-0.2, 0) is 102 Å². The number of carbonyl (C=O) groups excluding carboxylic acids is 13. The fraction of sp³-hybridized carbons (Fsp3) is 0.590. The van der Waals surface area contributed by atoms with E-state index in [1.54, 1.807) is 67.2 Å². The zero-order chi connectivity index (χ0) is 83.9. The number of primary amides is 1. The molecule has 2 saturated heterocycles. The first-order chi connectivity index (χ1) is 53.5. The van der Waals surface area contributed by atoms with Crippen molar-refractivity contribution >= 4 is 88.6 Å². The number of imide groups is 2. The number of ketones is 2. The number of hydrogen-bond acceptors (Lipinski definition) is 20. The van der Waals surface area contributed by atoms with Crippen molar-refractivity contribution < 1.29 is 91.3 Å². The molecule has 3 aromatic carbocycles. The van der Waals surface area contributed by atoms with E-state index in [0.717, 1.165) is 16.0 Å². The van der Waals surface area contributed by atoms with Crippen LogP contribution in [0.1, 0.15) is 168 Å². The Morgan fingerprint density at radius 1 is 0.681 bits per heavy atom. The number of hydrogen-bond donors (Lipinski definition) is 6. The lowest BCUT2D eigenvalue weighted by atomic mass is 9.83. The number of nitrogens with two attached hydrogens (primary N) is 2. The highest BCUT2D eigenvalue weighted by Crippen LogP contribution is 2.32. The number of ether oxygens (including phenoxy) is 3. The Labute approximate surface area is 664 Å². The highest BCUT2D eigenvalue weighted by Gasteiger charge is 2.44. The average Bonchev–Trinajstić information content (AvgIpc) is 1.60. The molecule has 6 rings (SSSR count). The standard InChI is InChI=1S/C69H105N9O13.C14H16N2O6/c1-15-45(8)62(58(89-13)40-59(81)78-35-20-24-55(78)63(90-14)46(9)64(82)74-54(67(85)86)37-48-21-17-16-18-22-48)77(12)66(84)52(42(2)3)39-57(80)61(44(6)7)75(10)36-33-47-29-31-51(32-30-47)76(11)69(88)91-41-50-27-25-49(26-28-50)38-56(79)53(23-19-34-72-68(71)87)73-65(83)60(70)43(4)5;17-10-5-6-11(18)15(10)9-3-1-2-4-14(21)22-16-12(19)7-8-13(16)20/h16-18,21-22,25-32,42-46,52-55,58,60-63H,15,19-20,23-24,33-41,70H2,1-14H3,(H,73,83)(H,74,82)(H,85,86)(H3,71,72,87);5-6H,1-4,7-9H2/t45-,46+,52-,53-,54-,55-,58+,60-,61-,62-,63+;/m0./s1. The minimum Gasteiger partial charge on any atom is -0.480 e. The smallest absolute Gasteiger partial charge is 0.414 e. The molecule has 0 aliphatic carbocycles. The molecule has 3 aliphatic heterocycles. The predicted molar refractivity (Wildman–Crippen MR) is 422 cm³/mol. The molecule has 113 heavy (non-hydrogen) atoms. The van der Waals surface area contributed by atoms with Crippen molar-refractivity contribution in [2.24, 2.45) is 47.0 Å². The molecule has 3 heterocycles. The third-order valence-electron chi connectivity index (χ3n) is 21.3. The summed E-state index contributed by atoms with van der Waals surface area (Å²) in [5.41, 5.74) is 15.0. The third-order valence-corrected chi connectivity index (χ3v) is 21.3. The van der Waals surface area contributed by atoms with E-state index in [-0.39, 0.29) is 123 Å². The molecule has 0 unspecified atom stereocenters. The molecular weight excluding hydrogens is 1450 g/mol. The summed E-state index contributed by atoms with van der Waals surface area (Å²) in [4.78, 5) is 190. The highest BCUT2D eigenvalue weighted by molar-refractivity contribution is 6.13. The van der Waals surface area contributed by atoms with E-state index < -0.39 is 108 Å². The van der Waals surface area contributed by atoms with Crippen LogP contribution in [0.15, 0.2) is 91.0 Å². The van der Waals surface area contributed by atoms with Crippen molar-refractivity contribution in [1.82, 2.24) is 40.6 Å². The Bertz CT molecular complexity index is 3710. The van der Waals surface area contributed by atoms with E-state index in [1.165, 1.54) is 31.3 Å². The number of nitrogens with one attached hydrogen (secondary N) is 3. The lowest BCUT2D eigenvalue weighted by Crippen LogP contribution is -2.55. The highest BCUT2D eigenvalue weighted by atomic mass is 16.7. The number of benzene rings is 3. The van der Waals surface area contributed by atoms with Crippen LogP contribution in [0.3, 0.4) is 0 Å². The van der Waals surface area contributed by atoms with Crippen LogP contribution in [0.4, 0.5) is 15.3 Å². The number of nitrogens with zero attached hydrogens (tertiary/aromatic N) is 6. The summed E-state index contributed by atoms with van der Waals surface area (Å²) in [5, 5.41) is 18.5. The zero-order valence-corrected chi connectivity index (χ0v) is 68.2. The fourth-order valence-corrected chi connectivity index (χ4v) is 14.3. The molecule has 2 fully saturated rings. The van der Waals surface area contributed by atoms with Crippen molar-refractivity contribution in [3.05, 3.63) is 113 Å². The quantitative estimate of drug-likeness (QED) is 0.0244. The molecule has 0 spiro atoms. The second-order valence-electron chi connectivity index (χ2n) is 30.6. The lowest BCUT2D eigenvalue weighted by molar-refractivity contribution is -0.197. The normalized spacial score (nSPS) is 16.8. The number of unbranched alkanes of at least 4 members (excludes halogenated alkanes) is 2. The summed E-state index contributed by atoms with van der Waals surface area (Å²) >= 11 is 0. The van der Waals surface area contributed by atoms with Crippen LogP contribution in [-0.4, -0.2) is 223 Å². The molecule has 30 nitrogen and oxygen atoms in total. The second-order valence-corrected chi connectivity index (χ2v) is 30.6. The number of amides is 11. The van der Waals surface area contributed by atoms with Gasteiger partial charge in [-0.15, -0.1) is 5.06 Å². The van der Waals surface area contributed by atoms with E-state index in [1.807, 2.05) is 110 Å². The van der Waals surface area contributed by atoms with Gasteiger partial charge in [-0.2, -0.15) is 0 Å². The number of anilines is 1. The summed E-state index contributed by atoms with van der Waals surface area (Å²) < 4.78 is 17.7. The molecular formula is C83H121N11O19. The number of Topliss-reactive ketones (excluding diaryl/α,β-unsaturated/α-hetero) is 2. The summed E-state index contributed by atoms with van der Waals surface area (Å²) in [6.45, 7) is 18.7. The minimum atomic E-state index is -1.16. The number of urea groups is 1. The van der Waals surface area contributed by atoms with Gasteiger partial charge in [-0.3, -0.25) is 62.6 Å². The summed E-state index contributed by atoms with van der Waals surface area (Å²) in [5.74, 6) is -7.04. The summed E-state index contributed by atoms with van der Waals surface area (Å²) in [7, 11) is 8.29. The van der Waals surface area contributed by atoms with Gasteiger partial charge in [0.2, 0.25) is 23.6 Å². The number of rotatable bonds is 45. The molecule has 11 atom stereocenters. The van der Waals surface area contributed by atoms with Gasteiger partial charge in [0.05, 0.1) is 54.8 Å². The number of aliphatic carboxylic acids is 1. The van der Waals surface area contributed by atoms with Gasteiger partial charge >= 0.3 is 24.1 Å². The molecule has 3 aromatic rings. The maximum absolute atomic E-state index is 14.9. The molecule has 0 saturated carbocycles. The van der Waals surface area contributed by atoms with E-state index in [4.69, 9.17) is 30.5 Å². The largest absolute Gasteiger partial charge is 0.480 e. The lowest BCUT2D eigenvalue weighted by Gasteiger charge is -2.41. The number of carboxylic acid groups (broad SMARTS) is 1.